The molecule has 0 saturated carbocycles. The van der Waals surface area contributed by atoms with Gasteiger partial charge in [0.1, 0.15) is 29.4 Å². The molecular weight excluding hydrogens is 560 g/mol. The van der Waals surface area contributed by atoms with Gasteiger partial charge in [0.15, 0.2) is 11.5 Å². The number of anilines is 1. The molecule has 3 aromatic rings. The Labute approximate surface area is 247 Å². The largest absolute Gasteiger partial charge is 0.504 e. The molecular formula is C30H33F2N7O4. The van der Waals surface area contributed by atoms with E-state index in [4.69, 9.17) is 20.6 Å². The van der Waals surface area contributed by atoms with E-state index in [0.29, 0.717) is 32.5 Å². The van der Waals surface area contributed by atoms with Crippen LogP contribution in [0, 0.1) is 17.0 Å². The summed E-state index contributed by atoms with van der Waals surface area (Å²) < 4.78 is 43.3. The van der Waals surface area contributed by atoms with E-state index >= 15 is 8.78 Å². The van der Waals surface area contributed by atoms with Crippen LogP contribution in [-0.2, 0) is 4.79 Å². The number of carbonyl (C=O) groups is 1. The zero-order valence-electron chi connectivity index (χ0n) is 23.8. The number of aliphatic imine (C=N–C) groups is 1. The van der Waals surface area contributed by atoms with Crippen molar-refractivity contribution in [3.8, 4) is 29.0 Å². The molecule has 5 rings (SSSR count). The molecule has 1 saturated heterocycles. The molecule has 3 heterocycles. The van der Waals surface area contributed by atoms with Gasteiger partial charge >= 0.3 is 0 Å². The number of aromatic nitrogens is 1. The number of amidine groups is 2. The number of nitrogens with two attached hydrogens (primary N) is 1. The number of carbonyl (C=O) groups excluding carboxylic acids is 1. The Kier molecular flexibility index (Phi) is 8.71. The first-order chi connectivity index (χ1) is 20.6. The van der Waals surface area contributed by atoms with Gasteiger partial charge in [-0.1, -0.05) is 12.1 Å². The van der Waals surface area contributed by atoms with Gasteiger partial charge in [-0.15, -0.1) is 0 Å². The van der Waals surface area contributed by atoms with Crippen LogP contribution < -0.4 is 20.5 Å². The van der Waals surface area contributed by atoms with Gasteiger partial charge in [0, 0.05) is 43.9 Å². The van der Waals surface area contributed by atoms with E-state index in [1.165, 1.54) is 18.2 Å². The molecule has 226 valence electrons. The number of pyridine rings is 1. The van der Waals surface area contributed by atoms with Crippen LogP contribution in [0.25, 0.3) is 0 Å². The second-order valence-corrected chi connectivity index (χ2v) is 10.5. The Morgan fingerprint density at radius 2 is 1.86 bits per heavy atom. The van der Waals surface area contributed by atoms with Crippen LogP contribution in [0.2, 0.25) is 0 Å². The first-order valence-electron chi connectivity index (χ1n) is 13.9. The summed E-state index contributed by atoms with van der Waals surface area (Å²) in [5.41, 5.74) is 6.04. The van der Waals surface area contributed by atoms with Crippen LogP contribution >= 0.6 is 0 Å². The maximum absolute atomic E-state index is 15.9. The number of hydrogen-bond acceptors (Lipinski definition) is 10. The summed E-state index contributed by atoms with van der Waals surface area (Å²) >= 11 is 0. The minimum absolute atomic E-state index is 0.220. The highest BCUT2D eigenvalue weighted by Gasteiger charge is 2.29. The Morgan fingerprint density at radius 3 is 2.51 bits per heavy atom. The molecule has 43 heavy (non-hydrogen) atoms. The van der Waals surface area contributed by atoms with Crippen molar-refractivity contribution in [1.82, 2.24) is 14.8 Å². The molecule has 1 aromatic heterocycles. The Bertz CT molecular complexity index is 1560. The molecule has 5 N–H and O–H groups in total. The molecule has 0 aliphatic carbocycles. The molecule has 0 amide bonds. The van der Waals surface area contributed by atoms with E-state index < -0.39 is 29.1 Å². The molecule has 1 fully saturated rings. The van der Waals surface area contributed by atoms with Gasteiger partial charge in [-0.05, 0) is 50.1 Å². The topological polar surface area (TPSA) is 149 Å². The Hall–Kier alpha value is -4.78. The van der Waals surface area contributed by atoms with Gasteiger partial charge in [0.2, 0.25) is 11.6 Å². The van der Waals surface area contributed by atoms with Crippen LogP contribution in [0.3, 0.4) is 0 Å². The third-order valence-electron chi connectivity index (χ3n) is 7.51. The monoisotopic (exact) mass is 593 g/mol. The summed E-state index contributed by atoms with van der Waals surface area (Å²) in [6.45, 7) is 4.37. The van der Waals surface area contributed by atoms with Crippen molar-refractivity contribution in [3.63, 3.8) is 0 Å². The average Bonchev–Trinajstić information content (AvgIpc) is 3.44. The molecule has 2 aliphatic heterocycles. The molecule has 2 aromatic carbocycles. The van der Waals surface area contributed by atoms with Crippen molar-refractivity contribution in [2.24, 2.45) is 10.7 Å². The minimum atomic E-state index is -1.13. The second kappa shape index (κ2) is 12.6. The van der Waals surface area contributed by atoms with Crippen LogP contribution in [0.5, 0.6) is 29.0 Å². The molecule has 2 aliphatic rings. The van der Waals surface area contributed by atoms with Crippen molar-refractivity contribution < 1.29 is 28.2 Å². The summed E-state index contributed by atoms with van der Waals surface area (Å²) in [6.07, 6.45) is 1.93. The second-order valence-electron chi connectivity index (χ2n) is 10.5. The number of benzene rings is 2. The van der Waals surface area contributed by atoms with Gasteiger partial charge in [-0.2, -0.15) is 13.8 Å². The standard InChI is InChI=1S/C30H33F2N7O4/c1-17(16-40)39-11-8-20(9-12-39)36-26-24(31)29(42-21-5-3-4-19(14-21)28-35-10-13-38(28)2)37-30(25(26)32)43-23-15-18(27(33)34)6-7-22(23)41/h3-7,14-17,20,41H,8-13H2,1-2H3,(H3,33,34)(H,36,37). The van der Waals surface area contributed by atoms with E-state index in [1.807, 2.05) is 22.9 Å². The summed E-state index contributed by atoms with van der Waals surface area (Å²) in [5.74, 6) is -3.27. The van der Waals surface area contributed by atoms with E-state index in [-0.39, 0.29) is 40.7 Å². The molecule has 0 bridgehead atoms. The first-order valence-corrected chi connectivity index (χ1v) is 13.9. The number of ether oxygens (including phenoxy) is 2. The smallest absolute Gasteiger partial charge is 0.261 e. The number of rotatable bonds is 10. The number of likely N-dealkylation sites (tertiary alicyclic amines) is 1. The summed E-state index contributed by atoms with van der Waals surface area (Å²) in [6, 6.07) is 10.2. The van der Waals surface area contributed by atoms with Crippen molar-refractivity contribution >= 4 is 23.6 Å². The van der Waals surface area contributed by atoms with Gasteiger partial charge < -0.3 is 35.3 Å². The van der Waals surface area contributed by atoms with E-state index in [0.717, 1.165) is 24.2 Å². The van der Waals surface area contributed by atoms with Crippen LogP contribution in [0.15, 0.2) is 47.5 Å². The number of phenols is 1. The van der Waals surface area contributed by atoms with Gasteiger partial charge in [-0.25, -0.2) is 0 Å². The fourth-order valence-electron chi connectivity index (χ4n) is 5.03. The predicted molar refractivity (Wildman–Crippen MR) is 158 cm³/mol. The number of nitrogen functional groups attached to an aromatic ring is 1. The summed E-state index contributed by atoms with van der Waals surface area (Å²) in [4.78, 5) is 23.7. The molecule has 1 unspecified atom stereocenters. The minimum Gasteiger partial charge on any atom is -0.504 e. The number of likely N-dealkylation sites (N-methyl/N-ethyl adjacent to an activating group) is 1. The molecule has 0 spiro atoms. The third-order valence-corrected chi connectivity index (χ3v) is 7.51. The lowest BCUT2D eigenvalue weighted by Gasteiger charge is -2.34. The maximum Gasteiger partial charge on any atom is 0.261 e. The highest BCUT2D eigenvalue weighted by atomic mass is 19.1. The van der Waals surface area contributed by atoms with Gasteiger partial charge in [-0.3, -0.25) is 15.3 Å². The van der Waals surface area contributed by atoms with Crippen molar-refractivity contribution in [3.05, 3.63) is 65.2 Å². The van der Waals surface area contributed by atoms with Crippen LogP contribution in [-0.4, -0.2) is 83.2 Å². The lowest BCUT2D eigenvalue weighted by molar-refractivity contribution is -0.112. The number of nitrogens with one attached hydrogen (secondary N) is 2. The van der Waals surface area contributed by atoms with E-state index in [1.54, 1.807) is 25.1 Å². The normalized spacial score (nSPS) is 16.5. The highest BCUT2D eigenvalue weighted by molar-refractivity contribution is 6.00. The van der Waals surface area contributed by atoms with Gasteiger partial charge in [0.25, 0.3) is 11.8 Å². The van der Waals surface area contributed by atoms with E-state index in [9.17, 15) is 9.90 Å². The molecule has 1 atom stereocenters. The lowest BCUT2D eigenvalue weighted by Crippen LogP contribution is -2.44. The molecule has 13 heteroatoms. The van der Waals surface area contributed by atoms with Gasteiger partial charge in [0.05, 0.1) is 12.6 Å². The fraction of sp³-hybridized carbons (Fsp3) is 0.333. The highest BCUT2D eigenvalue weighted by Crippen LogP contribution is 2.39. The number of phenolic OH excluding ortho intramolecular Hbond substituents is 1. The first kappa shape index (κ1) is 29.7. The molecule has 11 nitrogen and oxygen atoms in total. The number of aldehydes is 1. The number of hydrogen-bond donors (Lipinski definition) is 4. The summed E-state index contributed by atoms with van der Waals surface area (Å²) in [7, 11) is 1.92. The number of piperidine rings is 1. The van der Waals surface area contributed by atoms with E-state index in [2.05, 4.69) is 15.3 Å². The van der Waals surface area contributed by atoms with Crippen molar-refractivity contribution in [1.29, 1.82) is 5.41 Å². The van der Waals surface area contributed by atoms with Crippen molar-refractivity contribution in [2.75, 3.05) is 38.5 Å². The number of halogens is 2. The lowest BCUT2D eigenvalue weighted by atomic mass is 10.0. The Balaban J connectivity index is 1.49. The Morgan fingerprint density at radius 1 is 1.14 bits per heavy atom. The zero-order valence-corrected chi connectivity index (χ0v) is 23.8. The number of aromatic hydroxyl groups is 1. The average molecular weight is 594 g/mol. The third kappa shape index (κ3) is 6.51. The molecule has 0 radical (unpaired) electrons. The van der Waals surface area contributed by atoms with Crippen LogP contribution in [0.4, 0.5) is 14.5 Å². The quantitative estimate of drug-likeness (QED) is 0.155. The summed E-state index contributed by atoms with van der Waals surface area (Å²) in [5, 5.41) is 21.0. The zero-order chi connectivity index (χ0) is 30.7. The predicted octanol–water partition coefficient (Wildman–Crippen LogP) is 4.09. The van der Waals surface area contributed by atoms with Crippen LogP contribution in [0.1, 0.15) is 30.9 Å². The fourth-order valence-corrected chi connectivity index (χ4v) is 5.03. The SMILES string of the molecule is CC(C=O)N1CCC(Nc2c(F)c(Oc3cccc(C4=NCCN4C)c3)nc(Oc3cc(C(=N)N)ccc3O)c2F)CC1. The maximum atomic E-state index is 15.9. The number of nitrogens with zero attached hydrogens (tertiary/aromatic N) is 4. The van der Waals surface area contributed by atoms with Crippen molar-refractivity contribution in [2.45, 2.75) is 31.8 Å².